The predicted molar refractivity (Wildman–Crippen MR) is 76.3 cm³/mol. The predicted octanol–water partition coefficient (Wildman–Crippen LogP) is 4.22. The number of rotatable bonds is 6. The fourth-order valence-electron chi connectivity index (χ4n) is 1.88. The normalized spacial score (nSPS) is 11.4. The lowest BCUT2D eigenvalue weighted by molar-refractivity contribution is -0.384. The minimum absolute atomic E-state index is 0.0683. The van der Waals surface area contributed by atoms with Crippen LogP contribution in [0.25, 0.3) is 0 Å². The number of alkyl halides is 5. The molecule has 0 unspecified atom stereocenters. The first-order chi connectivity index (χ1) is 11.7. The Labute approximate surface area is 137 Å². The summed E-state index contributed by atoms with van der Waals surface area (Å²) in [7, 11) is 0. The number of nitro groups is 1. The molecule has 1 aromatic heterocycles. The highest BCUT2D eigenvalue weighted by Gasteiger charge is 2.33. The Balaban J connectivity index is 2.13. The van der Waals surface area contributed by atoms with Gasteiger partial charge in [0.2, 0.25) is 0 Å². The van der Waals surface area contributed by atoms with Crippen molar-refractivity contribution in [2.45, 2.75) is 19.3 Å². The lowest BCUT2D eigenvalue weighted by atomic mass is 10.1. The van der Waals surface area contributed by atoms with Crippen molar-refractivity contribution < 1.29 is 31.6 Å². The number of halogens is 5. The molecule has 0 aliphatic heterocycles. The number of aromatic nitrogens is 1. The molecule has 6 nitrogen and oxygen atoms in total. The van der Waals surface area contributed by atoms with Crippen molar-refractivity contribution in [3.8, 4) is 5.75 Å². The van der Waals surface area contributed by atoms with E-state index in [0.29, 0.717) is 17.8 Å². The first-order valence-electron chi connectivity index (χ1n) is 6.66. The number of ether oxygens (including phenoxy) is 1. The van der Waals surface area contributed by atoms with E-state index in [1.54, 1.807) is 0 Å². The molecule has 0 fully saturated rings. The fourth-order valence-corrected chi connectivity index (χ4v) is 1.88. The maximum Gasteiger partial charge on any atom is 0.416 e. The molecule has 0 saturated heterocycles. The minimum atomic E-state index is -4.70. The molecular formula is C14H10F5N3O3. The number of nitrogens with one attached hydrogen (secondary N) is 1. The highest BCUT2D eigenvalue weighted by molar-refractivity contribution is 5.63. The molecule has 25 heavy (non-hydrogen) atoms. The van der Waals surface area contributed by atoms with Gasteiger partial charge in [-0.1, -0.05) is 0 Å². The van der Waals surface area contributed by atoms with E-state index in [4.69, 9.17) is 0 Å². The Morgan fingerprint density at radius 1 is 1.24 bits per heavy atom. The molecule has 0 aliphatic carbocycles. The molecule has 0 amide bonds. The molecule has 2 rings (SSSR count). The summed E-state index contributed by atoms with van der Waals surface area (Å²) in [5, 5.41) is 13.5. The van der Waals surface area contributed by atoms with Gasteiger partial charge < -0.3 is 10.1 Å². The minimum Gasteiger partial charge on any atom is -0.433 e. The van der Waals surface area contributed by atoms with E-state index in [0.717, 1.165) is 12.3 Å². The van der Waals surface area contributed by atoms with Gasteiger partial charge in [-0.15, -0.1) is 0 Å². The van der Waals surface area contributed by atoms with Gasteiger partial charge in [0.1, 0.15) is 11.4 Å². The molecule has 0 spiro atoms. The second-order valence-electron chi connectivity index (χ2n) is 4.70. The monoisotopic (exact) mass is 363 g/mol. The summed E-state index contributed by atoms with van der Waals surface area (Å²) in [6.07, 6.45) is -3.67. The van der Waals surface area contributed by atoms with Crippen LogP contribution in [0.1, 0.15) is 11.3 Å². The van der Waals surface area contributed by atoms with E-state index in [1.807, 2.05) is 0 Å². The third-order valence-corrected chi connectivity index (χ3v) is 3.00. The first kappa shape index (κ1) is 18.4. The first-order valence-corrected chi connectivity index (χ1v) is 6.66. The molecule has 134 valence electrons. The van der Waals surface area contributed by atoms with Crippen molar-refractivity contribution in [1.29, 1.82) is 0 Å². The van der Waals surface area contributed by atoms with Crippen LogP contribution >= 0.6 is 0 Å². The maximum atomic E-state index is 12.6. The standard InChI is InChI=1S/C14H10F5N3O3/c15-13(16)25-10-3-2-9(20-7-10)6-21-11-4-1-8(14(17,18)19)5-12(11)22(23)24/h1-5,7,13,21H,6H2. The number of pyridine rings is 1. The number of hydrogen-bond acceptors (Lipinski definition) is 5. The number of nitrogens with zero attached hydrogens (tertiary/aromatic N) is 2. The maximum absolute atomic E-state index is 12.6. The Bertz CT molecular complexity index is 750. The zero-order valence-corrected chi connectivity index (χ0v) is 12.3. The van der Waals surface area contributed by atoms with Crippen LogP contribution in [-0.2, 0) is 12.7 Å². The molecular weight excluding hydrogens is 353 g/mol. The molecule has 0 bridgehead atoms. The zero-order valence-electron chi connectivity index (χ0n) is 12.3. The largest absolute Gasteiger partial charge is 0.433 e. The molecule has 1 heterocycles. The number of benzene rings is 1. The lowest BCUT2D eigenvalue weighted by Crippen LogP contribution is -2.08. The van der Waals surface area contributed by atoms with Crippen molar-refractivity contribution in [2.75, 3.05) is 5.32 Å². The summed E-state index contributed by atoms with van der Waals surface area (Å²) in [5.41, 5.74) is -1.70. The van der Waals surface area contributed by atoms with Crippen LogP contribution in [0.4, 0.5) is 33.3 Å². The van der Waals surface area contributed by atoms with Gasteiger partial charge in [-0.2, -0.15) is 22.0 Å². The smallest absolute Gasteiger partial charge is 0.416 e. The van der Waals surface area contributed by atoms with Crippen LogP contribution in [0.5, 0.6) is 5.75 Å². The van der Waals surface area contributed by atoms with Crippen LogP contribution < -0.4 is 10.1 Å². The summed E-state index contributed by atoms with van der Waals surface area (Å²) < 4.78 is 66.0. The van der Waals surface area contributed by atoms with Crippen molar-refractivity contribution in [3.05, 3.63) is 57.9 Å². The van der Waals surface area contributed by atoms with Crippen LogP contribution in [0.15, 0.2) is 36.5 Å². The van der Waals surface area contributed by atoms with Crippen molar-refractivity contribution in [2.24, 2.45) is 0 Å². The molecule has 0 radical (unpaired) electrons. The van der Waals surface area contributed by atoms with Gasteiger partial charge >= 0.3 is 12.8 Å². The number of hydrogen-bond donors (Lipinski definition) is 1. The molecule has 11 heteroatoms. The van der Waals surface area contributed by atoms with Crippen molar-refractivity contribution >= 4 is 11.4 Å². The topological polar surface area (TPSA) is 77.3 Å². The van der Waals surface area contributed by atoms with Gasteiger partial charge in [0.15, 0.2) is 0 Å². The molecule has 0 aliphatic rings. The highest BCUT2D eigenvalue weighted by Crippen LogP contribution is 2.35. The second-order valence-corrected chi connectivity index (χ2v) is 4.70. The van der Waals surface area contributed by atoms with Gasteiger partial charge in [0.05, 0.1) is 28.9 Å². The SMILES string of the molecule is O=[N+]([O-])c1cc(C(F)(F)F)ccc1NCc1ccc(OC(F)F)cn1. The van der Waals surface area contributed by atoms with Crippen LogP contribution in [0, 0.1) is 10.1 Å². The Morgan fingerprint density at radius 2 is 1.96 bits per heavy atom. The van der Waals surface area contributed by atoms with Crippen LogP contribution in [-0.4, -0.2) is 16.5 Å². The molecule has 2 aromatic rings. The van der Waals surface area contributed by atoms with E-state index >= 15 is 0 Å². The average molecular weight is 363 g/mol. The van der Waals surface area contributed by atoms with Crippen molar-refractivity contribution in [3.63, 3.8) is 0 Å². The average Bonchev–Trinajstić information content (AvgIpc) is 2.52. The molecule has 1 N–H and O–H groups in total. The van der Waals surface area contributed by atoms with E-state index in [1.165, 1.54) is 12.1 Å². The third-order valence-electron chi connectivity index (χ3n) is 3.00. The number of anilines is 1. The van der Waals surface area contributed by atoms with E-state index in [9.17, 15) is 32.1 Å². The Morgan fingerprint density at radius 3 is 2.48 bits per heavy atom. The van der Waals surface area contributed by atoms with Gasteiger partial charge in [0, 0.05) is 6.07 Å². The summed E-state index contributed by atoms with van der Waals surface area (Å²) in [6.45, 7) is -3.07. The summed E-state index contributed by atoms with van der Waals surface area (Å²) >= 11 is 0. The summed E-state index contributed by atoms with van der Waals surface area (Å²) in [6, 6.07) is 4.63. The second kappa shape index (κ2) is 7.28. The highest BCUT2D eigenvalue weighted by atomic mass is 19.4. The van der Waals surface area contributed by atoms with Crippen LogP contribution in [0.3, 0.4) is 0 Å². The van der Waals surface area contributed by atoms with Gasteiger partial charge in [-0.3, -0.25) is 15.1 Å². The Hall–Kier alpha value is -2.98. The van der Waals surface area contributed by atoms with Crippen molar-refractivity contribution in [1.82, 2.24) is 4.98 Å². The third kappa shape index (κ3) is 4.99. The molecule has 0 saturated carbocycles. The van der Waals surface area contributed by atoms with E-state index in [-0.39, 0.29) is 18.0 Å². The zero-order chi connectivity index (χ0) is 18.6. The summed E-state index contributed by atoms with van der Waals surface area (Å²) in [5.74, 6) is -0.167. The van der Waals surface area contributed by atoms with Crippen LogP contribution in [0.2, 0.25) is 0 Å². The van der Waals surface area contributed by atoms with E-state index in [2.05, 4.69) is 15.0 Å². The number of nitro benzene ring substituents is 1. The lowest BCUT2D eigenvalue weighted by Gasteiger charge is -2.10. The molecule has 1 aromatic carbocycles. The van der Waals surface area contributed by atoms with Gasteiger partial charge in [-0.05, 0) is 24.3 Å². The Kier molecular flexibility index (Phi) is 5.35. The summed E-state index contributed by atoms with van der Waals surface area (Å²) in [4.78, 5) is 13.8. The molecule has 0 atom stereocenters. The fraction of sp³-hybridized carbons (Fsp3) is 0.214. The van der Waals surface area contributed by atoms with Gasteiger partial charge in [0.25, 0.3) is 5.69 Å². The quantitative estimate of drug-likeness (QED) is 0.472. The van der Waals surface area contributed by atoms with Gasteiger partial charge in [-0.25, -0.2) is 0 Å². The van der Waals surface area contributed by atoms with E-state index < -0.39 is 29.0 Å².